The lowest BCUT2D eigenvalue weighted by Gasteiger charge is -2.28. The molecular weight excluding hydrogens is 331 g/mol. The fraction of sp³-hybridized carbons (Fsp3) is 0.353. The fourth-order valence-corrected chi connectivity index (χ4v) is 3.21. The first-order valence-corrected chi connectivity index (χ1v) is 8.25. The molecule has 126 valence electrons. The maximum atomic E-state index is 13.1. The molecule has 3 rings (SSSR count). The van der Waals surface area contributed by atoms with E-state index in [0.29, 0.717) is 28.6 Å². The van der Waals surface area contributed by atoms with Crippen molar-refractivity contribution in [2.75, 3.05) is 5.32 Å². The van der Waals surface area contributed by atoms with Gasteiger partial charge in [-0.15, -0.1) is 0 Å². The normalized spacial score (nSPS) is 20.6. The number of anilines is 1. The minimum absolute atomic E-state index is 0.0958. The van der Waals surface area contributed by atoms with Gasteiger partial charge in [0.1, 0.15) is 5.82 Å². The van der Waals surface area contributed by atoms with Gasteiger partial charge in [0.2, 0.25) is 11.9 Å². The van der Waals surface area contributed by atoms with Crippen LogP contribution < -0.4 is 11.1 Å². The lowest BCUT2D eigenvalue weighted by Crippen LogP contribution is -2.34. The minimum atomic E-state index is -0.318. The van der Waals surface area contributed by atoms with E-state index in [1.807, 2.05) is 0 Å². The number of halogens is 2. The summed E-state index contributed by atoms with van der Waals surface area (Å²) in [4.78, 5) is 20.0. The first-order valence-electron chi connectivity index (χ1n) is 7.87. The SMILES string of the molecule is NC(=O)C1CCCC(Nc2ncc(Cl)c(-c3ccc(F)cc3)n2)C1. The van der Waals surface area contributed by atoms with Crippen molar-refractivity contribution in [2.45, 2.75) is 31.7 Å². The summed E-state index contributed by atoms with van der Waals surface area (Å²) in [5, 5.41) is 3.65. The van der Waals surface area contributed by atoms with Gasteiger partial charge in [-0.25, -0.2) is 14.4 Å². The third kappa shape index (κ3) is 3.82. The van der Waals surface area contributed by atoms with E-state index in [2.05, 4.69) is 15.3 Å². The maximum Gasteiger partial charge on any atom is 0.223 e. The van der Waals surface area contributed by atoms with Gasteiger partial charge in [-0.05, 0) is 43.5 Å². The van der Waals surface area contributed by atoms with Crippen LogP contribution >= 0.6 is 11.6 Å². The molecule has 24 heavy (non-hydrogen) atoms. The molecular formula is C17H18ClFN4O. The van der Waals surface area contributed by atoms with Crippen molar-refractivity contribution in [3.8, 4) is 11.3 Å². The van der Waals surface area contributed by atoms with E-state index in [9.17, 15) is 9.18 Å². The minimum Gasteiger partial charge on any atom is -0.369 e. The Hall–Kier alpha value is -2.21. The number of benzene rings is 1. The van der Waals surface area contributed by atoms with Crippen LogP contribution in [-0.4, -0.2) is 21.9 Å². The first-order chi connectivity index (χ1) is 11.5. The summed E-state index contributed by atoms with van der Waals surface area (Å²) in [6, 6.07) is 6.06. The van der Waals surface area contributed by atoms with Crippen LogP contribution in [0.4, 0.5) is 10.3 Å². The van der Waals surface area contributed by atoms with Crippen molar-refractivity contribution in [1.29, 1.82) is 0 Å². The second-order valence-corrected chi connectivity index (χ2v) is 6.41. The number of hydrogen-bond acceptors (Lipinski definition) is 4. The number of carbonyl (C=O) groups is 1. The largest absolute Gasteiger partial charge is 0.369 e. The highest BCUT2D eigenvalue weighted by atomic mass is 35.5. The molecule has 1 aromatic carbocycles. The number of rotatable bonds is 4. The standard InChI is InChI=1S/C17H18ClFN4O/c18-14-9-21-17(22-13-3-1-2-11(8-13)16(20)24)23-15(14)10-4-6-12(19)7-5-10/h4-7,9,11,13H,1-3,8H2,(H2,20,24)(H,21,22,23). The van der Waals surface area contributed by atoms with Gasteiger partial charge in [0.15, 0.2) is 0 Å². The molecule has 2 atom stereocenters. The molecule has 5 nitrogen and oxygen atoms in total. The Kier molecular flexibility index (Phi) is 4.94. The van der Waals surface area contributed by atoms with Gasteiger partial charge < -0.3 is 11.1 Å². The molecule has 0 aliphatic heterocycles. The zero-order chi connectivity index (χ0) is 17.1. The van der Waals surface area contributed by atoms with Gasteiger partial charge in [-0.3, -0.25) is 4.79 Å². The molecule has 2 unspecified atom stereocenters. The number of hydrogen-bond donors (Lipinski definition) is 2. The van der Waals surface area contributed by atoms with E-state index in [4.69, 9.17) is 17.3 Å². The topological polar surface area (TPSA) is 80.9 Å². The van der Waals surface area contributed by atoms with Crippen molar-refractivity contribution in [1.82, 2.24) is 9.97 Å². The Morgan fingerprint density at radius 3 is 2.75 bits per heavy atom. The molecule has 1 aliphatic rings. The number of amides is 1. The zero-order valence-electron chi connectivity index (χ0n) is 13.0. The molecule has 1 fully saturated rings. The number of carbonyl (C=O) groups excluding carboxylic acids is 1. The molecule has 1 aromatic heterocycles. The Bertz CT molecular complexity index is 738. The molecule has 3 N–H and O–H groups in total. The van der Waals surface area contributed by atoms with Crippen LogP contribution in [-0.2, 0) is 4.79 Å². The summed E-state index contributed by atoms with van der Waals surface area (Å²) in [7, 11) is 0. The molecule has 0 bridgehead atoms. The van der Waals surface area contributed by atoms with E-state index >= 15 is 0 Å². The third-order valence-corrected chi connectivity index (χ3v) is 4.55. The molecule has 0 spiro atoms. The van der Waals surface area contributed by atoms with Gasteiger partial charge in [0.05, 0.1) is 16.9 Å². The molecule has 1 heterocycles. The zero-order valence-corrected chi connectivity index (χ0v) is 13.8. The summed E-state index contributed by atoms with van der Waals surface area (Å²) < 4.78 is 13.1. The lowest BCUT2D eigenvalue weighted by atomic mass is 9.85. The summed E-state index contributed by atoms with van der Waals surface area (Å²) in [5.41, 5.74) is 6.66. The van der Waals surface area contributed by atoms with Gasteiger partial charge in [-0.2, -0.15) is 0 Å². The average molecular weight is 349 g/mol. The molecule has 0 saturated heterocycles. The molecule has 1 saturated carbocycles. The second-order valence-electron chi connectivity index (χ2n) is 6.00. The Labute approximate surface area is 144 Å². The number of nitrogens with zero attached hydrogens (tertiary/aromatic N) is 2. The van der Waals surface area contributed by atoms with Crippen LogP contribution in [0.5, 0.6) is 0 Å². The Morgan fingerprint density at radius 1 is 1.29 bits per heavy atom. The summed E-state index contributed by atoms with van der Waals surface area (Å²) in [6.07, 6.45) is 4.89. The van der Waals surface area contributed by atoms with Crippen molar-refractivity contribution in [2.24, 2.45) is 11.7 Å². The highest BCUT2D eigenvalue weighted by Gasteiger charge is 2.26. The molecule has 0 radical (unpaired) electrons. The van der Waals surface area contributed by atoms with E-state index in [0.717, 1.165) is 19.3 Å². The fourth-order valence-electron chi connectivity index (χ4n) is 3.01. The highest BCUT2D eigenvalue weighted by molar-refractivity contribution is 6.32. The van der Waals surface area contributed by atoms with E-state index in [1.165, 1.54) is 18.3 Å². The van der Waals surface area contributed by atoms with Gasteiger partial charge in [0.25, 0.3) is 0 Å². The Balaban J connectivity index is 1.78. The number of primary amides is 1. The Morgan fingerprint density at radius 2 is 2.04 bits per heavy atom. The van der Waals surface area contributed by atoms with Crippen LogP contribution in [0.15, 0.2) is 30.5 Å². The van der Waals surface area contributed by atoms with Gasteiger partial charge in [-0.1, -0.05) is 18.0 Å². The predicted molar refractivity (Wildman–Crippen MR) is 91.0 cm³/mol. The van der Waals surface area contributed by atoms with Crippen LogP contribution in [0.1, 0.15) is 25.7 Å². The van der Waals surface area contributed by atoms with Crippen molar-refractivity contribution in [3.63, 3.8) is 0 Å². The quantitative estimate of drug-likeness (QED) is 0.887. The van der Waals surface area contributed by atoms with Gasteiger partial charge >= 0.3 is 0 Å². The second kappa shape index (κ2) is 7.13. The van der Waals surface area contributed by atoms with Crippen molar-refractivity contribution < 1.29 is 9.18 Å². The first kappa shape index (κ1) is 16.6. The summed E-state index contributed by atoms with van der Waals surface area (Å²) >= 11 is 6.17. The van der Waals surface area contributed by atoms with Crippen LogP contribution in [0.3, 0.4) is 0 Å². The van der Waals surface area contributed by atoms with Crippen molar-refractivity contribution >= 4 is 23.5 Å². The van der Waals surface area contributed by atoms with E-state index in [1.54, 1.807) is 12.1 Å². The summed E-state index contributed by atoms with van der Waals surface area (Å²) in [6.45, 7) is 0. The monoisotopic (exact) mass is 348 g/mol. The third-order valence-electron chi connectivity index (χ3n) is 4.27. The van der Waals surface area contributed by atoms with Crippen LogP contribution in [0, 0.1) is 11.7 Å². The van der Waals surface area contributed by atoms with Crippen LogP contribution in [0.2, 0.25) is 5.02 Å². The van der Waals surface area contributed by atoms with Crippen molar-refractivity contribution in [3.05, 3.63) is 41.3 Å². The maximum absolute atomic E-state index is 13.1. The van der Waals surface area contributed by atoms with Crippen LogP contribution in [0.25, 0.3) is 11.3 Å². The molecule has 1 amide bonds. The lowest BCUT2D eigenvalue weighted by molar-refractivity contribution is -0.122. The molecule has 1 aliphatic carbocycles. The summed E-state index contributed by atoms with van der Waals surface area (Å²) in [5.74, 6) is -0.249. The number of nitrogens with one attached hydrogen (secondary N) is 1. The average Bonchev–Trinajstić information content (AvgIpc) is 2.58. The predicted octanol–water partition coefficient (Wildman–Crippen LogP) is 3.39. The highest BCUT2D eigenvalue weighted by Crippen LogP contribution is 2.29. The smallest absolute Gasteiger partial charge is 0.223 e. The number of aromatic nitrogens is 2. The number of nitrogens with two attached hydrogens (primary N) is 1. The molecule has 7 heteroatoms. The molecule has 2 aromatic rings. The van der Waals surface area contributed by atoms with E-state index in [-0.39, 0.29) is 23.7 Å². The van der Waals surface area contributed by atoms with E-state index < -0.39 is 0 Å². The van der Waals surface area contributed by atoms with Gasteiger partial charge in [0, 0.05) is 17.5 Å².